The molecule has 0 aromatic heterocycles. The van der Waals surface area contributed by atoms with E-state index in [1.165, 1.54) is 19.2 Å². The van der Waals surface area contributed by atoms with Crippen molar-refractivity contribution in [3.8, 4) is 5.75 Å². The summed E-state index contributed by atoms with van der Waals surface area (Å²) in [7, 11) is 1.37. The van der Waals surface area contributed by atoms with Crippen molar-refractivity contribution in [2.45, 2.75) is 12.3 Å². The number of ether oxygens (including phenoxy) is 1. The molecule has 17 heavy (non-hydrogen) atoms. The van der Waals surface area contributed by atoms with Crippen molar-refractivity contribution in [2.75, 3.05) is 20.3 Å². The summed E-state index contributed by atoms with van der Waals surface area (Å²) in [6.45, 7) is 1.78. The molecule has 0 radical (unpaired) electrons. The number of hydrogen-bond acceptors (Lipinski definition) is 5. The first-order chi connectivity index (χ1) is 7.98. The summed E-state index contributed by atoms with van der Waals surface area (Å²) in [6.07, 6.45) is 0. The van der Waals surface area contributed by atoms with Gasteiger partial charge in [0.05, 0.1) is 18.6 Å². The molecule has 6 nitrogen and oxygen atoms in total. The maximum absolute atomic E-state index is 10.9. The monoisotopic (exact) mass is 240 g/mol. The number of benzene rings is 1. The molecule has 1 aromatic rings. The van der Waals surface area contributed by atoms with Gasteiger partial charge < -0.3 is 15.6 Å². The lowest BCUT2D eigenvalue weighted by Crippen LogP contribution is -2.35. The summed E-state index contributed by atoms with van der Waals surface area (Å²) in [4.78, 5) is 10.4. The van der Waals surface area contributed by atoms with Gasteiger partial charge in [-0.3, -0.25) is 10.1 Å². The molecule has 0 fully saturated rings. The maximum atomic E-state index is 10.9. The fourth-order valence-electron chi connectivity index (χ4n) is 1.48. The van der Waals surface area contributed by atoms with Crippen molar-refractivity contribution in [2.24, 2.45) is 5.73 Å². The highest BCUT2D eigenvalue weighted by atomic mass is 16.6. The van der Waals surface area contributed by atoms with E-state index >= 15 is 0 Å². The Morgan fingerprint density at radius 2 is 2.24 bits per heavy atom. The first-order valence-corrected chi connectivity index (χ1v) is 5.12. The van der Waals surface area contributed by atoms with Gasteiger partial charge in [0, 0.05) is 18.0 Å². The van der Waals surface area contributed by atoms with Gasteiger partial charge in [-0.2, -0.15) is 0 Å². The normalized spacial score (nSPS) is 14.1. The number of methoxy groups -OCH3 is 1. The molecule has 0 aliphatic heterocycles. The average Bonchev–Trinajstić information content (AvgIpc) is 2.36. The van der Waals surface area contributed by atoms with Crippen molar-refractivity contribution in [3.05, 3.63) is 33.9 Å². The molecule has 3 N–H and O–H groups in total. The molecule has 0 aliphatic carbocycles. The van der Waals surface area contributed by atoms with Crippen LogP contribution in [0, 0.1) is 10.1 Å². The van der Waals surface area contributed by atoms with Crippen LogP contribution in [0.4, 0.5) is 5.69 Å². The van der Waals surface area contributed by atoms with Crippen molar-refractivity contribution in [1.82, 2.24) is 0 Å². The highest BCUT2D eigenvalue weighted by Crippen LogP contribution is 2.32. The standard InChI is InChI=1S/C11H16N2O4/c1-11(6-12,7-14)8-3-4-10(17-2)9(5-8)13(15)16/h3-5,14H,6-7,12H2,1-2H3. The molecule has 6 heteroatoms. The molecule has 1 rings (SSSR count). The number of nitrogens with two attached hydrogens (primary N) is 1. The largest absolute Gasteiger partial charge is 0.490 e. The van der Waals surface area contributed by atoms with E-state index < -0.39 is 10.3 Å². The van der Waals surface area contributed by atoms with E-state index in [0.717, 1.165) is 0 Å². The lowest BCUT2D eigenvalue weighted by Gasteiger charge is -2.25. The summed E-state index contributed by atoms with van der Waals surface area (Å²) >= 11 is 0. The van der Waals surface area contributed by atoms with Crippen LogP contribution in [-0.2, 0) is 5.41 Å². The van der Waals surface area contributed by atoms with Gasteiger partial charge >= 0.3 is 5.69 Å². The van der Waals surface area contributed by atoms with E-state index in [0.29, 0.717) is 5.56 Å². The Morgan fingerprint density at radius 3 is 2.65 bits per heavy atom. The maximum Gasteiger partial charge on any atom is 0.311 e. The quantitative estimate of drug-likeness (QED) is 0.586. The Hall–Kier alpha value is -1.66. The van der Waals surface area contributed by atoms with Gasteiger partial charge in [0.25, 0.3) is 0 Å². The fourth-order valence-corrected chi connectivity index (χ4v) is 1.48. The van der Waals surface area contributed by atoms with Gasteiger partial charge in [-0.15, -0.1) is 0 Å². The van der Waals surface area contributed by atoms with Crippen LogP contribution < -0.4 is 10.5 Å². The van der Waals surface area contributed by atoms with E-state index in [2.05, 4.69) is 0 Å². The number of aliphatic hydroxyl groups is 1. The Kier molecular flexibility index (Phi) is 4.03. The minimum absolute atomic E-state index is 0.127. The minimum atomic E-state index is -0.684. The molecule has 0 saturated carbocycles. The average molecular weight is 240 g/mol. The molecule has 0 aliphatic rings. The van der Waals surface area contributed by atoms with Crippen molar-refractivity contribution in [1.29, 1.82) is 0 Å². The van der Waals surface area contributed by atoms with Crippen LogP contribution in [0.2, 0.25) is 0 Å². The van der Waals surface area contributed by atoms with Crippen molar-refractivity contribution in [3.63, 3.8) is 0 Å². The zero-order valence-corrected chi connectivity index (χ0v) is 9.84. The Labute approximate surface area is 99.2 Å². The van der Waals surface area contributed by atoms with Crippen LogP contribution in [0.3, 0.4) is 0 Å². The lowest BCUT2D eigenvalue weighted by molar-refractivity contribution is -0.385. The van der Waals surface area contributed by atoms with E-state index in [9.17, 15) is 15.2 Å². The molecular formula is C11H16N2O4. The summed E-state index contributed by atoms with van der Waals surface area (Å²) in [5, 5.41) is 20.2. The first kappa shape index (κ1) is 13.4. The van der Waals surface area contributed by atoms with Crippen LogP contribution in [0.15, 0.2) is 18.2 Å². The molecule has 0 bridgehead atoms. The number of nitro groups is 1. The van der Waals surface area contributed by atoms with Gasteiger partial charge in [0.2, 0.25) is 0 Å². The zero-order chi connectivity index (χ0) is 13.1. The lowest BCUT2D eigenvalue weighted by atomic mass is 9.83. The molecule has 0 heterocycles. The van der Waals surface area contributed by atoms with Gasteiger partial charge in [0.1, 0.15) is 0 Å². The van der Waals surface area contributed by atoms with Crippen LogP contribution in [0.5, 0.6) is 5.75 Å². The molecule has 0 saturated heterocycles. The van der Waals surface area contributed by atoms with Gasteiger partial charge in [-0.1, -0.05) is 13.0 Å². The number of hydrogen-bond donors (Lipinski definition) is 2. The number of nitrogens with zero attached hydrogens (tertiary/aromatic N) is 1. The number of rotatable bonds is 5. The van der Waals surface area contributed by atoms with Crippen LogP contribution in [0.1, 0.15) is 12.5 Å². The van der Waals surface area contributed by atoms with Crippen molar-refractivity contribution >= 4 is 5.69 Å². The third-order valence-electron chi connectivity index (χ3n) is 2.87. The third-order valence-corrected chi connectivity index (χ3v) is 2.87. The van der Waals surface area contributed by atoms with Gasteiger partial charge in [-0.25, -0.2) is 0 Å². The Bertz CT molecular complexity index is 416. The summed E-state index contributed by atoms with van der Waals surface area (Å²) in [6, 6.07) is 4.58. The Morgan fingerprint density at radius 1 is 1.59 bits per heavy atom. The third kappa shape index (κ3) is 2.54. The van der Waals surface area contributed by atoms with Crippen molar-refractivity contribution < 1.29 is 14.8 Å². The summed E-state index contributed by atoms with van der Waals surface area (Å²) in [5.41, 5.74) is 5.40. The second-order valence-electron chi connectivity index (χ2n) is 4.07. The fraction of sp³-hybridized carbons (Fsp3) is 0.455. The highest BCUT2D eigenvalue weighted by Gasteiger charge is 2.27. The van der Waals surface area contributed by atoms with Crippen LogP contribution in [0.25, 0.3) is 0 Å². The first-order valence-electron chi connectivity index (χ1n) is 5.12. The van der Waals surface area contributed by atoms with Gasteiger partial charge in [-0.05, 0) is 11.6 Å². The molecule has 1 atom stereocenters. The Balaban J connectivity index is 3.29. The van der Waals surface area contributed by atoms with Gasteiger partial charge in [0.15, 0.2) is 5.75 Å². The summed E-state index contributed by atoms with van der Waals surface area (Å²) < 4.78 is 4.91. The predicted molar refractivity (Wildman–Crippen MR) is 63.1 cm³/mol. The highest BCUT2D eigenvalue weighted by molar-refractivity contribution is 5.50. The predicted octanol–water partition coefficient (Wildman–Crippen LogP) is 0.812. The molecule has 94 valence electrons. The van der Waals surface area contributed by atoms with E-state index in [4.69, 9.17) is 10.5 Å². The van der Waals surface area contributed by atoms with E-state index in [1.807, 2.05) is 0 Å². The summed E-state index contributed by atoms with van der Waals surface area (Å²) in [5.74, 6) is 0.191. The smallest absolute Gasteiger partial charge is 0.311 e. The van der Waals surface area contributed by atoms with Crippen LogP contribution in [-0.4, -0.2) is 30.3 Å². The second-order valence-corrected chi connectivity index (χ2v) is 4.07. The van der Waals surface area contributed by atoms with E-state index in [1.54, 1.807) is 13.0 Å². The molecule has 1 aromatic carbocycles. The SMILES string of the molecule is COc1ccc(C(C)(CN)CO)cc1[N+](=O)[O-]. The van der Waals surface area contributed by atoms with E-state index in [-0.39, 0.29) is 24.6 Å². The molecule has 0 amide bonds. The number of aliphatic hydroxyl groups excluding tert-OH is 1. The molecule has 1 unspecified atom stereocenters. The molecule has 0 spiro atoms. The second kappa shape index (κ2) is 5.11. The molecular weight excluding hydrogens is 224 g/mol. The zero-order valence-electron chi connectivity index (χ0n) is 9.84. The topological polar surface area (TPSA) is 98.6 Å². The number of nitro benzene ring substituents is 1. The van der Waals surface area contributed by atoms with Crippen LogP contribution >= 0.6 is 0 Å². The minimum Gasteiger partial charge on any atom is -0.490 e.